The van der Waals surface area contributed by atoms with E-state index in [4.69, 9.17) is 28.2 Å². The highest BCUT2D eigenvalue weighted by Gasteiger charge is 2.24. The van der Waals surface area contributed by atoms with Crippen molar-refractivity contribution in [3.05, 3.63) is 67.3 Å². The quantitative estimate of drug-likeness (QED) is 0.257. The van der Waals surface area contributed by atoms with Gasteiger partial charge in [0.25, 0.3) is 5.56 Å². The van der Waals surface area contributed by atoms with Gasteiger partial charge in [0, 0.05) is 27.2 Å². The molecule has 0 radical (unpaired) electrons. The van der Waals surface area contributed by atoms with Gasteiger partial charge in [-0.2, -0.15) is 0 Å². The number of thioether (sulfide) groups is 1. The molecule has 7 heteroatoms. The lowest BCUT2D eigenvalue weighted by Gasteiger charge is -2.17. The predicted octanol–water partition coefficient (Wildman–Crippen LogP) is 6.37. The third-order valence-electron chi connectivity index (χ3n) is 5.06. The van der Waals surface area contributed by atoms with E-state index in [1.807, 2.05) is 12.1 Å². The second-order valence-corrected chi connectivity index (χ2v) is 10.0. The normalized spacial score (nSPS) is 16.3. The lowest BCUT2D eigenvalue weighted by atomic mass is 9.89. The average molecular weight is 451 g/mol. The number of hydrogen-bond donors (Lipinski definition) is 0. The number of nitrogens with zero attached hydrogens (tertiary/aromatic N) is 2. The Bertz CT molecular complexity index is 1120. The van der Waals surface area contributed by atoms with Gasteiger partial charge in [-0.15, -0.1) is 17.9 Å². The van der Waals surface area contributed by atoms with Crippen LogP contribution in [0.3, 0.4) is 0 Å². The summed E-state index contributed by atoms with van der Waals surface area (Å²) in [6.07, 6.45) is 4.88. The summed E-state index contributed by atoms with van der Waals surface area (Å²) in [6.45, 7) is 6.53. The van der Waals surface area contributed by atoms with Crippen LogP contribution in [0.2, 0.25) is 10.0 Å². The highest BCUT2D eigenvalue weighted by Crippen LogP contribution is 2.37. The van der Waals surface area contributed by atoms with Crippen molar-refractivity contribution in [3.8, 4) is 0 Å². The molecule has 3 nitrogen and oxygen atoms in total. The number of allylic oxidation sites excluding steroid dienone is 1. The summed E-state index contributed by atoms with van der Waals surface area (Å²) in [4.78, 5) is 20.4. The maximum Gasteiger partial charge on any atom is 0.263 e. The number of benzene rings is 1. The smallest absolute Gasteiger partial charge is 0.263 e. The summed E-state index contributed by atoms with van der Waals surface area (Å²) < 4.78 is 1.73. The molecule has 1 aromatic carbocycles. The Balaban J connectivity index is 1.75. The van der Waals surface area contributed by atoms with Crippen LogP contribution in [0.5, 0.6) is 0 Å². The Morgan fingerprint density at radius 1 is 1.43 bits per heavy atom. The molecule has 3 aromatic rings. The minimum absolute atomic E-state index is 0.0432. The van der Waals surface area contributed by atoms with Crippen molar-refractivity contribution in [1.82, 2.24) is 9.55 Å². The Morgan fingerprint density at radius 2 is 2.25 bits per heavy atom. The summed E-state index contributed by atoms with van der Waals surface area (Å²) in [7, 11) is 0. The molecule has 0 fully saturated rings. The summed E-state index contributed by atoms with van der Waals surface area (Å²) in [5, 5.41) is 2.75. The largest absolute Gasteiger partial charge is 0.283 e. The lowest BCUT2D eigenvalue weighted by molar-refractivity contribution is 0.509. The summed E-state index contributed by atoms with van der Waals surface area (Å²) in [5.41, 5.74) is 2.22. The molecule has 0 N–H and O–H groups in total. The van der Waals surface area contributed by atoms with E-state index >= 15 is 0 Å². The van der Waals surface area contributed by atoms with E-state index in [1.54, 1.807) is 28.0 Å². The number of hydrogen-bond acceptors (Lipinski definition) is 4. The molecule has 2 heterocycles. The van der Waals surface area contributed by atoms with Crippen LogP contribution in [-0.4, -0.2) is 9.55 Å². The zero-order chi connectivity index (χ0) is 19.8. The molecule has 146 valence electrons. The molecule has 1 aliphatic carbocycles. The van der Waals surface area contributed by atoms with Gasteiger partial charge in [0.15, 0.2) is 5.16 Å². The first-order valence-corrected chi connectivity index (χ1v) is 11.8. The number of fused-ring (bicyclic) bond motifs is 3. The third kappa shape index (κ3) is 3.78. The molecule has 0 aliphatic heterocycles. The molecule has 1 atom stereocenters. The minimum Gasteiger partial charge on any atom is -0.283 e. The standard InChI is InChI=1S/C21H20Cl2N2OS2/c1-3-8-25-20(26)18-15-7-4-12(2)9-17(15)28-19(18)24-21(25)27-11-13-5-6-14(22)10-16(13)23/h3,5-6,10,12H,1,4,7-9,11H2,2H3. The summed E-state index contributed by atoms with van der Waals surface area (Å²) in [5.74, 6) is 1.28. The third-order valence-corrected chi connectivity index (χ3v) is 7.82. The van der Waals surface area contributed by atoms with E-state index in [1.165, 1.54) is 22.2 Å². The zero-order valence-corrected chi connectivity index (χ0v) is 18.6. The lowest BCUT2D eigenvalue weighted by Crippen LogP contribution is -2.23. The van der Waals surface area contributed by atoms with Gasteiger partial charge in [-0.25, -0.2) is 4.98 Å². The Kier molecular flexibility index (Phi) is 5.88. The van der Waals surface area contributed by atoms with Crippen molar-refractivity contribution >= 4 is 56.5 Å². The summed E-state index contributed by atoms with van der Waals surface area (Å²) in [6, 6.07) is 5.48. The van der Waals surface area contributed by atoms with E-state index in [9.17, 15) is 4.79 Å². The topological polar surface area (TPSA) is 34.9 Å². The number of thiophene rings is 1. The first-order valence-electron chi connectivity index (χ1n) is 9.20. The van der Waals surface area contributed by atoms with E-state index in [0.717, 1.165) is 35.0 Å². The van der Waals surface area contributed by atoms with Crippen molar-refractivity contribution in [1.29, 1.82) is 0 Å². The van der Waals surface area contributed by atoms with Crippen molar-refractivity contribution in [2.24, 2.45) is 5.92 Å². The average Bonchev–Trinajstić information content (AvgIpc) is 3.01. The van der Waals surface area contributed by atoms with Gasteiger partial charge in [-0.05, 0) is 48.4 Å². The van der Waals surface area contributed by atoms with Crippen LogP contribution in [0, 0.1) is 5.92 Å². The second-order valence-electron chi connectivity index (χ2n) is 7.16. The minimum atomic E-state index is 0.0432. The monoisotopic (exact) mass is 450 g/mol. The number of aryl methyl sites for hydroxylation is 1. The molecular formula is C21H20Cl2N2OS2. The molecule has 0 spiro atoms. The van der Waals surface area contributed by atoms with Gasteiger partial charge in [-0.3, -0.25) is 9.36 Å². The van der Waals surface area contributed by atoms with Crippen molar-refractivity contribution in [2.75, 3.05) is 0 Å². The van der Waals surface area contributed by atoms with Gasteiger partial charge in [0.2, 0.25) is 0 Å². The number of rotatable bonds is 5. The highest BCUT2D eigenvalue weighted by atomic mass is 35.5. The Hall–Kier alpha value is -1.27. The maximum absolute atomic E-state index is 13.3. The maximum atomic E-state index is 13.3. The van der Waals surface area contributed by atoms with Crippen LogP contribution in [0.4, 0.5) is 0 Å². The fourth-order valence-corrected chi connectivity index (χ4v) is 6.58. The van der Waals surface area contributed by atoms with E-state index in [2.05, 4.69) is 13.5 Å². The molecule has 0 amide bonds. The first kappa shape index (κ1) is 20.0. The molecule has 1 unspecified atom stereocenters. The van der Waals surface area contributed by atoms with Crippen molar-refractivity contribution in [3.63, 3.8) is 0 Å². The fourth-order valence-electron chi connectivity index (χ4n) is 3.59. The highest BCUT2D eigenvalue weighted by molar-refractivity contribution is 7.98. The second kappa shape index (κ2) is 8.23. The predicted molar refractivity (Wildman–Crippen MR) is 121 cm³/mol. The van der Waals surface area contributed by atoms with Crippen molar-refractivity contribution < 1.29 is 0 Å². The van der Waals surface area contributed by atoms with E-state index < -0.39 is 0 Å². The van der Waals surface area contributed by atoms with Crippen LogP contribution in [0.15, 0.2) is 40.8 Å². The molecule has 1 aliphatic rings. The van der Waals surface area contributed by atoms with Crippen LogP contribution in [-0.2, 0) is 25.1 Å². The summed E-state index contributed by atoms with van der Waals surface area (Å²) >= 11 is 15.5. The van der Waals surface area contributed by atoms with Crippen LogP contribution >= 0.6 is 46.3 Å². The molecule has 4 rings (SSSR count). The molecule has 28 heavy (non-hydrogen) atoms. The van der Waals surface area contributed by atoms with E-state index in [-0.39, 0.29) is 5.56 Å². The number of halogens is 2. The van der Waals surface area contributed by atoms with Crippen LogP contribution < -0.4 is 5.56 Å². The van der Waals surface area contributed by atoms with Gasteiger partial charge >= 0.3 is 0 Å². The zero-order valence-electron chi connectivity index (χ0n) is 15.5. The Morgan fingerprint density at radius 3 is 3.00 bits per heavy atom. The van der Waals surface area contributed by atoms with Crippen LogP contribution in [0.25, 0.3) is 10.2 Å². The van der Waals surface area contributed by atoms with Gasteiger partial charge in [0.05, 0.1) is 5.39 Å². The van der Waals surface area contributed by atoms with Gasteiger partial charge in [0.1, 0.15) is 4.83 Å². The van der Waals surface area contributed by atoms with Gasteiger partial charge < -0.3 is 0 Å². The Labute approximate surface area is 182 Å². The fraction of sp³-hybridized carbons (Fsp3) is 0.333. The SMILES string of the molecule is C=CCn1c(SCc2ccc(Cl)cc2Cl)nc2sc3c(c2c1=O)CCC(C)C3. The van der Waals surface area contributed by atoms with Crippen molar-refractivity contribution in [2.45, 2.75) is 43.6 Å². The molecule has 2 aromatic heterocycles. The van der Waals surface area contributed by atoms with E-state index in [0.29, 0.717) is 33.4 Å². The van der Waals surface area contributed by atoms with Crippen LogP contribution in [0.1, 0.15) is 29.3 Å². The van der Waals surface area contributed by atoms with Gasteiger partial charge in [-0.1, -0.05) is 54.0 Å². The number of aromatic nitrogens is 2. The molecule has 0 saturated heterocycles. The molecule has 0 saturated carbocycles. The molecule has 0 bridgehead atoms. The first-order chi connectivity index (χ1) is 13.5. The molecular weight excluding hydrogens is 431 g/mol.